The molecule has 27 heavy (non-hydrogen) atoms. The van der Waals surface area contributed by atoms with Crippen molar-refractivity contribution in [2.75, 3.05) is 19.3 Å². The van der Waals surface area contributed by atoms with Crippen LogP contribution in [0.2, 0.25) is 0 Å². The molecule has 12 heteroatoms. The molecule has 0 spiro atoms. The molecule has 2 rings (SSSR count). The molecule has 150 valence electrons. The zero-order valence-corrected chi connectivity index (χ0v) is 16.4. The summed E-state index contributed by atoms with van der Waals surface area (Å²) in [7, 11) is -8.49. The highest BCUT2D eigenvalue weighted by molar-refractivity contribution is 7.93. The molecule has 1 aliphatic rings. The van der Waals surface area contributed by atoms with E-state index in [0.29, 0.717) is 4.47 Å². The number of hydrogen-bond acceptors (Lipinski definition) is 7. The lowest BCUT2D eigenvalue weighted by atomic mass is 10.1. The van der Waals surface area contributed by atoms with Gasteiger partial charge >= 0.3 is 6.16 Å². The fraction of sp³-hybridized carbons (Fsp3) is 0.467. The van der Waals surface area contributed by atoms with Crippen LogP contribution < -0.4 is 0 Å². The Kier molecular flexibility index (Phi) is 6.12. The van der Waals surface area contributed by atoms with Gasteiger partial charge in [-0.1, -0.05) is 12.1 Å². The van der Waals surface area contributed by atoms with Gasteiger partial charge in [-0.05, 0) is 29.4 Å². The Balaban J connectivity index is 2.45. The molecule has 0 bridgehead atoms. The van der Waals surface area contributed by atoms with Crippen LogP contribution in [0.4, 0.5) is 4.79 Å². The molecule has 1 fully saturated rings. The summed E-state index contributed by atoms with van der Waals surface area (Å²) in [5.74, 6) is -0.176. The van der Waals surface area contributed by atoms with E-state index in [9.17, 15) is 26.4 Å². The Morgan fingerprint density at radius 2 is 1.63 bits per heavy atom. The maximum atomic E-state index is 13.0. The molecule has 1 saturated heterocycles. The lowest BCUT2D eigenvalue weighted by Crippen LogP contribution is -2.49. The number of hydrogen-bond donors (Lipinski definition) is 1. The van der Waals surface area contributed by atoms with Crippen LogP contribution in [0.15, 0.2) is 34.1 Å². The second-order valence-electron chi connectivity index (χ2n) is 6.07. The van der Waals surface area contributed by atoms with Crippen molar-refractivity contribution in [2.45, 2.75) is 35.6 Å². The van der Waals surface area contributed by atoms with Gasteiger partial charge in [-0.25, -0.2) is 21.6 Å². The van der Waals surface area contributed by atoms with Gasteiger partial charge in [-0.15, -0.1) is 0 Å². The number of benzene rings is 1. The van der Waals surface area contributed by atoms with Gasteiger partial charge < -0.3 is 14.8 Å². The summed E-state index contributed by atoms with van der Waals surface area (Å²) in [6, 6.07) is 4.03. The van der Waals surface area contributed by atoms with Crippen LogP contribution in [-0.4, -0.2) is 68.8 Å². The van der Waals surface area contributed by atoms with E-state index in [1.54, 1.807) is 0 Å². The molecule has 1 heterocycles. The molecule has 0 saturated carbocycles. The van der Waals surface area contributed by atoms with E-state index in [4.69, 9.17) is 5.11 Å². The molecule has 0 aliphatic carbocycles. The summed E-state index contributed by atoms with van der Waals surface area (Å²) in [6.45, 7) is 1.83. The van der Waals surface area contributed by atoms with Crippen LogP contribution in [0.3, 0.4) is 0 Å². The van der Waals surface area contributed by atoms with E-state index >= 15 is 0 Å². The summed E-state index contributed by atoms with van der Waals surface area (Å²) < 4.78 is 50.3. The number of piperidine rings is 1. The maximum Gasteiger partial charge on any atom is 0.526 e. The molecule has 10 nitrogen and oxygen atoms in total. The third kappa shape index (κ3) is 4.76. The number of carbonyl (C=O) groups excluding carboxylic acids is 1. The summed E-state index contributed by atoms with van der Waals surface area (Å²) in [6.07, 6.45) is -0.695. The summed E-state index contributed by atoms with van der Waals surface area (Å²) in [4.78, 5) is 27.5. The molecule has 0 atom stereocenters. The number of carboxylic acid groups (broad SMARTS) is 1. The average molecular weight is 420 g/mol. The predicted molar refractivity (Wildman–Crippen MR) is 93.0 cm³/mol. The number of nitrogens with zero attached hydrogens (tertiary/aromatic N) is 2. The zero-order chi connectivity index (χ0) is 20.4. The summed E-state index contributed by atoms with van der Waals surface area (Å²) >= 11 is 0. The van der Waals surface area contributed by atoms with E-state index in [1.807, 2.05) is 0 Å². The largest absolute Gasteiger partial charge is 0.526 e. The van der Waals surface area contributed by atoms with Crippen LogP contribution in [0, 0.1) is 0 Å². The number of amides is 1. The molecule has 1 N–H and O–H groups in total. The first-order valence-corrected chi connectivity index (χ1v) is 11.3. The minimum atomic E-state index is -4.60. The lowest BCUT2D eigenvalue weighted by Gasteiger charge is -2.35. The monoisotopic (exact) mass is 420 g/mol. The van der Waals surface area contributed by atoms with Crippen LogP contribution in [0.5, 0.6) is 0 Å². The van der Waals surface area contributed by atoms with Gasteiger partial charge in [0.1, 0.15) is 4.90 Å². The van der Waals surface area contributed by atoms with Gasteiger partial charge in [0.2, 0.25) is 5.91 Å². The van der Waals surface area contributed by atoms with Crippen molar-refractivity contribution in [3.8, 4) is 0 Å². The van der Waals surface area contributed by atoms with Gasteiger partial charge in [0.15, 0.2) is 9.84 Å². The molecular formula is C15H20N2O8S2. The number of sulfonamides is 1. The van der Waals surface area contributed by atoms with E-state index < -0.39 is 41.8 Å². The van der Waals surface area contributed by atoms with Crippen LogP contribution in [0.1, 0.15) is 19.8 Å². The topological polar surface area (TPSA) is 138 Å². The third-order valence-electron chi connectivity index (χ3n) is 4.14. The molecular weight excluding hydrogens is 400 g/mol. The number of hydroxylamine groups is 1. The minimum absolute atomic E-state index is 0.146. The SMILES string of the molecule is CC(=O)N1CCC(N(OC(=O)O)S(=O)(=O)c2ccccc2S(C)(=O)=O)CC1. The van der Waals surface area contributed by atoms with E-state index in [2.05, 4.69) is 4.84 Å². The maximum absolute atomic E-state index is 13.0. The second-order valence-corrected chi connectivity index (χ2v) is 9.81. The van der Waals surface area contributed by atoms with Crippen molar-refractivity contribution >= 4 is 31.9 Å². The van der Waals surface area contributed by atoms with Crippen molar-refractivity contribution in [1.82, 2.24) is 9.37 Å². The van der Waals surface area contributed by atoms with E-state index in [1.165, 1.54) is 24.0 Å². The fourth-order valence-electron chi connectivity index (χ4n) is 2.85. The van der Waals surface area contributed by atoms with Crippen LogP contribution in [0.25, 0.3) is 0 Å². The highest BCUT2D eigenvalue weighted by Crippen LogP contribution is 2.29. The molecule has 0 radical (unpaired) electrons. The first-order valence-electron chi connectivity index (χ1n) is 7.94. The van der Waals surface area contributed by atoms with E-state index in [-0.39, 0.29) is 31.8 Å². The van der Waals surface area contributed by atoms with Crippen LogP contribution >= 0.6 is 0 Å². The first kappa shape index (κ1) is 21.1. The second kappa shape index (κ2) is 7.82. The minimum Gasteiger partial charge on any atom is -0.448 e. The average Bonchev–Trinajstić information content (AvgIpc) is 2.59. The molecule has 1 amide bonds. The van der Waals surface area contributed by atoms with Crippen molar-refractivity contribution < 1.29 is 36.4 Å². The lowest BCUT2D eigenvalue weighted by molar-refractivity contribution is -0.133. The number of rotatable bonds is 5. The smallest absolute Gasteiger partial charge is 0.448 e. The normalized spacial score (nSPS) is 16.3. The molecule has 0 aromatic heterocycles. The van der Waals surface area contributed by atoms with Gasteiger partial charge in [0, 0.05) is 26.3 Å². The summed E-state index contributed by atoms with van der Waals surface area (Å²) in [5.41, 5.74) is 0. The Bertz CT molecular complexity index is 934. The molecule has 1 aliphatic heterocycles. The third-order valence-corrected chi connectivity index (χ3v) is 7.18. The van der Waals surface area contributed by atoms with Gasteiger partial charge in [0.05, 0.1) is 10.9 Å². The van der Waals surface area contributed by atoms with Gasteiger partial charge in [-0.2, -0.15) is 0 Å². The van der Waals surface area contributed by atoms with Crippen molar-refractivity contribution in [2.24, 2.45) is 0 Å². The predicted octanol–water partition coefficient (Wildman–Crippen LogP) is 0.701. The Hall–Kier alpha value is -2.18. The highest BCUT2D eigenvalue weighted by Gasteiger charge is 2.39. The van der Waals surface area contributed by atoms with E-state index in [0.717, 1.165) is 18.4 Å². The van der Waals surface area contributed by atoms with Gasteiger partial charge in [-0.3, -0.25) is 4.79 Å². The van der Waals surface area contributed by atoms with Crippen molar-refractivity contribution in [3.63, 3.8) is 0 Å². The zero-order valence-electron chi connectivity index (χ0n) is 14.7. The number of sulfone groups is 1. The first-order chi connectivity index (χ1) is 12.4. The van der Waals surface area contributed by atoms with Crippen molar-refractivity contribution in [3.05, 3.63) is 24.3 Å². The Labute approximate surface area is 157 Å². The van der Waals surface area contributed by atoms with Gasteiger partial charge in [0.25, 0.3) is 10.0 Å². The van der Waals surface area contributed by atoms with Crippen molar-refractivity contribution in [1.29, 1.82) is 0 Å². The molecule has 1 aromatic carbocycles. The molecule has 0 unspecified atom stereocenters. The standard InChI is InChI=1S/C15H20N2O8S2/c1-11(18)16-9-7-12(8-10-16)17(25-15(19)20)27(23,24)14-6-4-3-5-13(14)26(2,21)22/h3-6,12H,7-10H2,1-2H3,(H,19,20). The number of likely N-dealkylation sites (tertiary alicyclic amines) is 1. The fourth-order valence-corrected chi connectivity index (χ4v) is 5.92. The Morgan fingerprint density at radius 1 is 1.11 bits per heavy atom. The number of carbonyl (C=O) groups is 2. The Morgan fingerprint density at radius 3 is 2.07 bits per heavy atom. The van der Waals surface area contributed by atoms with Crippen LogP contribution in [-0.2, 0) is 29.5 Å². The quantitative estimate of drug-likeness (QED) is 0.687. The highest BCUT2D eigenvalue weighted by atomic mass is 32.2. The molecule has 1 aromatic rings. The summed E-state index contributed by atoms with van der Waals surface area (Å²) in [5, 5.41) is 8.98.